The zero-order valence-corrected chi connectivity index (χ0v) is 9.49. The quantitative estimate of drug-likeness (QED) is 0.643. The average Bonchev–Trinajstić information content (AvgIpc) is 2.38. The van der Waals surface area contributed by atoms with E-state index >= 15 is 0 Å². The zero-order chi connectivity index (χ0) is 14.0. The molecule has 96 valence electrons. The van der Waals surface area contributed by atoms with Gasteiger partial charge in [-0.25, -0.2) is 4.79 Å². The molecule has 1 aromatic carbocycles. The first-order chi connectivity index (χ1) is 8.97. The van der Waals surface area contributed by atoms with Crippen LogP contribution < -0.4 is 5.56 Å². The number of H-pyrrole nitrogens is 1. The molecule has 7 heteroatoms. The highest BCUT2D eigenvalue weighted by molar-refractivity contribution is 5.88. The Balaban J connectivity index is 2.49. The van der Waals surface area contributed by atoms with Crippen molar-refractivity contribution in [2.75, 3.05) is 0 Å². The predicted octanol–water partition coefficient (Wildman–Crippen LogP) is 1.65. The molecule has 0 aliphatic carbocycles. The van der Waals surface area contributed by atoms with E-state index in [1.54, 1.807) is 0 Å². The minimum absolute atomic E-state index is 0.0829. The van der Waals surface area contributed by atoms with Gasteiger partial charge in [0.25, 0.3) is 5.69 Å². The van der Waals surface area contributed by atoms with Crippen LogP contribution >= 0.6 is 0 Å². The smallest absolute Gasteiger partial charge is 0.335 e. The van der Waals surface area contributed by atoms with Gasteiger partial charge in [-0.05, 0) is 23.8 Å². The van der Waals surface area contributed by atoms with Crippen molar-refractivity contribution in [3.05, 3.63) is 62.4 Å². The third kappa shape index (κ3) is 2.65. The van der Waals surface area contributed by atoms with Crippen LogP contribution in [0.2, 0.25) is 0 Å². The Hall–Kier alpha value is -2.96. The van der Waals surface area contributed by atoms with Crippen LogP contribution in [0.15, 0.2) is 41.2 Å². The molecule has 2 rings (SSSR count). The number of pyridine rings is 1. The van der Waals surface area contributed by atoms with E-state index in [4.69, 9.17) is 5.11 Å². The molecule has 2 N–H and O–H groups in total. The first kappa shape index (κ1) is 12.5. The Kier molecular flexibility index (Phi) is 3.11. The maximum atomic E-state index is 11.3. The van der Waals surface area contributed by atoms with Gasteiger partial charge in [0.05, 0.1) is 10.5 Å². The standard InChI is InChI=1S/C12H8N2O5/c15-11-6-8(12(16)17)5-10(13-11)7-1-3-9(4-2-7)14(18)19/h1-6H,(H,13,15)(H,16,17). The van der Waals surface area contributed by atoms with Gasteiger partial charge in [0.2, 0.25) is 5.56 Å². The van der Waals surface area contributed by atoms with Gasteiger partial charge < -0.3 is 10.1 Å². The number of nitrogens with zero attached hydrogens (tertiary/aromatic N) is 1. The minimum atomic E-state index is -1.21. The lowest BCUT2D eigenvalue weighted by Gasteiger charge is -2.02. The molecule has 0 radical (unpaired) electrons. The molecule has 0 fully saturated rings. The van der Waals surface area contributed by atoms with Crippen LogP contribution in [-0.2, 0) is 0 Å². The Morgan fingerprint density at radius 2 is 1.84 bits per heavy atom. The van der Waals surface area contributed by atoms with Crippen LogP contribution in [0.5, 0.6) is 0 Å². The number of aromatic nitrogens is 1. The van der Waals surface area contributed by atoms with Crippen molar-refractivity contribution in [1.29, 1.82) is 0 Å². The fourth-order valence-electron chi connectivity index (χ4n) is 1.58. The average molecular weight is 260 g/mol. The number of non-ortho nitro benzene ring substituents is 1. The maximum Gasteiger partial charge on any atom is 0.335 e. The first-order valence-corrected chi connectivity index (χ1v) is 5.20. The molecule has 2 aromatic rings. The summed E-state index contributed by atoms with van der Waals surface area (Å²) < 4.78 is 0. The summed E-state index contributed by atoms with van der Waals surface area (Å²) >= 11 is 0. The summed E-state index contributed by atoms with van der Waals surface area (Å²) in [6.45, 7) is 0. The van der Waals surface area contributed by atoms with E-state index < -0.39 is 16.5 Å². The number of aromatic amines is 1. The van der Waals surface area contributed by atoms with Crippen molar-refractivity contribution in [3.8, 4) is 11.3 Å². The number of carbonyl (C=O) groups is 1. The molecule has 1 heterocycles. The molecule has 0 bridgehead atoms. The zero-order valence-electron chi connectivity index (χ0n) is 9.49. The number of carboxylic acids is 1. The number of carboxylic acid groups (broad SMARTS) is 1. The highest BCUT2D eigenvalue weighted by Crippen LogP contribution is 2.20. The van der Waals surface area contributed by atoms with E-state index in [0.29, 0.717) is 11.3 Å². The van der Waals surface area contributed by atoms with E-state index in [9.17, 15) is 19.7 Å². The second-order valence-electron chi connectivity index (χ2n) is 3.76. The van der Waals surface area contributed by atoms with Crippen LogP contribution in [-0.4, -0.2) is 21.0 Å². The van der Waals surface area contributed by atoms with Crippen LogP contribution in [0.3, 0.4) is 0 Å². The Bertz CT molecular complexity index is 703. The number of aromatic carboxylic acids is 1. The van der Waals surface area contributed by atoms with Crippen molar-refractivity contribution in [3.63, 3.8) is 0 Å². The first-order valence-electron chi connectivity index (χ1n) is 5.20. The lowest BCUT2D eigenvalue weighted by molar-refractivity contribution is -0.384. The molecule has 0 atom stereocenters. The molecule has 0 aliphatic heterocycles. The van der Waals surface area contributed by atoms with E-state index in [2.05, 4.69) is 4.98 Å². The summed E-state index contributed by atoms with van der Waals surface area (Å²) in [5, 5.41) is 19.4. The maximum absolute atomic E-state index is 11.3. The van der Waals surface area contributed by atoms with Crippen molar-refractivity contribution < 1.29 is 14.8 Å². The fraction of sp³-hybridized carbons (Fsp3) is 0. The number of hydrogen-bond donors (Lipinski definition) is 2. The SMILES string of the molecule is O=C(O)c1cc(-c2ccc([N+](=O)[O-])cc2)[nH]c(=O)c1. The number of nitro groups is 1. The summed E-state index contributed by atoms with van der Waals surface area (Å²) in [6.07, 6.45) is 0. The summed E-state index contributed by atoms with van der Waals surface area (Å²) in [4.78, 5) is 34.6. The second-order valence-corrected chi connectivity index (χ2v) is 3.76. The van der Waals surface area contributed by atoms with Gasteiger partial charge in [0.1, 0.15) is 0 Å². The molecule has 0 aliphatic rings. The molecule has 0 spiro atoms. The van der Waals surface area contributed by atoms with E-state index in [0.717, 1.165) is 6.07 Å². The predicted molar refractivity (Wildman–Crippen MR) is 66.1 cm³/mol. The fourth-order valence-corrected chi connectivity index (χ4v) is 1.58. The summed E-state index contributed by atoms with van der Waals surface area (Å²) in [6, 6.07) is 7.70. The van der Waals surface area contributed by atoms with E-state index in [1.165, 1.54) is 30.3 Å². The topological polar surface area (TPSA) is 113 Å². The molecule has 7 nitrogen and oxygen atoms in total. The van der Waals surface area contributed by atoms with Gasteiger partial charge in [0.15, 0.2) is 0 Å². The lowest BCUT2D eigenvalue weighted by Crippen LogP contribution is -2.10. The van der Waals surface area contributed by atoms with E-state index in [1.807, 2.05) is 0 Å². The molecule has 0 saturated carbocycles. The van der Waals surface area contributed by atoms with Crippen molar-refractivity contribution in [2.45, 2.75) is 0 Å². The van der Waals surface area contributed by atoms with Gasteiger partial charge in [-0.15, -0.1) is 0 Å². The number of benzene rings is 1. The molecule has 0 saturated heterocycles. The number of hydrogen-bond acceptors (Lipinski definition) is 4. The normalized spacial score (nSPS) is 10.1. The van der Waals surface area contributed by atoms with Crippen LogP contribution in [0.4, 0.5) is 5.69 Å². The molecular weight excluding hydrogens is 252 g/mol. The highest BCUT2D eigenvalue weighted by atomic mass is 16.6. The minimum Gasteiger partial charge on any atom is -0.478 e. The summed E-state index contributed by atoms with van der Waals surface area (Å²) in [7, 11) is 0. The van der Waals surface area contributed by atoms with Gasteiger partial charge in [0, 0.05) is 23.9 Å². The third-order valence-electron chi connectivity index (χ3n) is 2.48. The van der Waals surface area contributed by atoms with Gasteiger partial charge in [-0.3, -0.25) is 14.9 Å². The van der Waals surface area contributed by atoms with Gasteiger partial charge >= 0.3 is 5.97 Å². The number of nitrogens with one attached hydrogen (secondary N) is 1. The molecule has 0 unspecified atom stereocenters. The summed E-state index contributed by atoms with van der Waals surface area (Å²) in [5.74, 6) is -1.21. The molecule has 0 amide bonds. The molecular formula is C12H8N2O5. The van der Waals surface area contributed by atoms with E-state index in [-0.39, 0.29) is 11.3 Å². The van der Waals surface area contributed by atoms with Crippen LogP contribution in [0.1, 0.15) is 10.4 Å². The Labute approximate surface area is 106 Å². The van der Waals surface area contributed by atoms with Gasteiger partial charge in [-0.2, -0.15) is 0 Å². The highest BCUT2D eigenvalue weighted by Gasteiger charge is 2.09. The second kappa shape index (κ2) is 4.73. The van der Waals surface area contributed by atoms with Crippen LogP contribution in [0.25, 0.3) is 11.3 Å². The monoisotopic (exact) mass is 260 g/mol. The molecule has 1 aromatic heterocycles. The van der Waals surface area contributed by atoms with Crippen LogP contribution in [0, 0.1) is 10.1 Å². The summed E-state index contributed by atoms with van der Waals surface area (Å²) in [5.41, 5.74) is 0.0106. The van der Waals surface area contributed by atoms with Crippen molar-refractivity contribution >= 4 is 11.7 Å². The largest absolute Gasteiger partial charge is 0.478 e. The Morgan fingerprint density at radius 1 is 1.21 bits per heavy atom. The Morgan fingerprint density at radius 3 is 2.37 bits per heavy atom. The third-order valence-corrected chi connectivity index (χ3v) is 2.48. The van der Waals surface area contributed by atoms with Gasteiger partial charge in [-0.1, -0.05) is 0 Å². The molecule has 19 heavy (non-hydrogen) atoms. The van der Waals surface area contributed by atoms with Crippen molar-refractivity contribution in [2.24, 2.45) is 0 Å². The van der Waals surface area contributed by atoms with Crippen molar-refractivity contribution in [1.82, 2.24) is 4.98 Å². The lowest BCUT2D eigenvalue weighted by atomic mass is 10.1. The number of rotatable bonds is 3. The number of nitro benzene ring substituents is 1.